The van der Waals surface area contributed by atoms with Crippen LogP contribution in [0.1, 0.15) is 11.1 Å². The molecular formula is C20H14N4O. The van der Waals surface area contributed by atoms with E-state index in [1.54, 1.807) is 18.5 Å². The van der Waals surface area contributed by atoms with E-state index in [2.05, 4.69) is 21.0 Å². The number of hydrogen-bond donors (Lipinski definition) is 1. The summed E-state index contributed by atoms with van der Waals surface area (Å²) in [5.41, 5.74) is 4.19. The lowest BCUT2D eigenvalue weighted by atomic mass is 10.1. The highest BCUT2D eigenvalue weighted by atomic mass is 16.5. The van der Waals surface area contributed by atoms with Gasteiger partial charge in [0, 0.05) is 17.1 Å². The predicted octanol–water partition coefficient (Wildman–Crippen LogP) is 4.08. The Kier molecular flexibility index (Phi) is 3.85. The van der Waals surface area contributed by atoms with Gasteiger partial charge in [0.2, 0.25) is 0 Å². The molecule has 0 saturated heterocycles. The summed E-state index contributed by atoms with van der Waals surface area (Å²) >= 11 is 0. The van der Waals surface area contributed by atoms with E-state index >= 15 is 0 Å². The van der Waals surface area contributed by atoms with Crippen LogP contribution in [0.25, 0.3) is 22.3 Å². The van der Waals surface area contributed by atoms with Crippen molar-refractivity contribution in [1.82, 2.24) is 15.0 Å². The topological polar surface area (TPSA) is 74.6 Å². The quantitative estimate of drug-likeness (QED) is 0.613. The van der Waals surface area contributed by atoms with Crippen LogP contribution >= 0.6 is 0 Å². The van der Waals surface area contributed by atoms with E-state index in [0.29, 0.717) is 12.2 Å². The van der Waals surface area contributed by atoms with Crippen molar-refractivity contribution in [2.24, 2.45) is 0 Å². The maximum Gasteiger partial charge on any atom is 0.141 e. The van der Waals surface area contributed by atoms with Crippen molar-refractivity contribution in [2.45, 2.75) is 6.61 Å². The fraction of sp³-hybridized carbons (Fsp3) is 0.0500. The van der Waals surface area contributed by atoms with Crippen LogP contribution in [0.3, 0.4) is 0 Å². The molecule has 0 aliphatic rings. The van der Waals surface area contributed by atoms with Crippen LogP contribution < -0.4 is 4.74 Å². The van der Waals surface area contributed by atoms with Crippen LogP contribution in [0, 0.1) is 11.3 Å². The van der Waals surface area contributed by atoms with E-state index in [0.717, 1.165) is 33.6 Å². The number of rotatable bonds is 4. The first kappa shape index (κ1) is 14.9. The molecule has 2 aromatic carbocycles. The number of ether oxygens (including phenoxy) is 1. The number of fused-ring (bicyclic) bond motifs is 1. The third-order valence-corrected chi connectivity index (χ3v) is 3.97. The van der Waals surface area contributed by atoms with Crippen LogP contribution in [0.5, 0.6) is 5.75 Å². The van der Waals surface area contributed by atoms with Crippen molar-refractivity contribution in [2.75, 3.05) is 0 Å². The minimum Gasteiger partial charge on any atom is -0.488 e. The highest BCUT2D eigenvalue weighted by Gasteiger charge is 2.12. The molecule has 0 atom stereocenters. The zero-order valence-electron chi connectivity index (χ0n) is 13.3. The molecule has 0 aliphatic heterocycles. The fourth-order valence-corrected chi connectivity index (χ4v) is 2.71. The molecule has 0 amide bonds. The number of aromatic nitrogens is 3. The average molecular weight is 326 g/mol. The normalized spacial score (nSPS) is 10.5. The Morgan fingerprint density at radius 3 is 2.68 bits per heavy atom. The zero-order chi connectivity index (χ0) is 17.1. The van der Waals surface area contributed by atoms with E-state index < -0.39 is 0 Å². The summed E-state index contributed by atoms with van der Waals surface area (Å²) in [5.74, 6) is 0.757. The number of nitrogens with zero attached hydrogens (tertiary/aromatic N) is 3. The fourth-order valence-electron chi connectivity index (χ4n) is 2.71. The van der Waals surface area contributed by atoms with Crippen molar-refractivity contribution in [3.05, 3.63) is 78.2 Å². The number of para-hydroxylation sites is 1. The molecule has 0 unspecified atom stereocenters. The predicted molar refractivity (Wildman–Crippen MR) is 94.8 cm³/mol. The number of H-pyrrole nitrogens is 1. The summed E-state index contributed by atoms with van der Waals surface area (Å²) in [5, 5.41) is 9.83. The molecule has 1 N–H and O–H groups in total. The zero-order valence-corrected chi connectivity index (χ0v) is 13.3. The summed E-state index contributed by atoms with van der Waals surface area (Å²) in [4.78, 5) is 11.8. The summed E-state index contributed by atoms with van der Waals surface area (Å²) < 4.78 is 6.02. The Labute approximate surface area is 144 Å². The van der Waals surface area contributed by atoms with E-state index in [-0.39, 0.29) is 0 Å². The van der Waals surface area contributed by atoms with Crippen LogP contribution in [0.15, 0.2) is 67.1 Å². The van der Waals surface area contributed by atoms with Gasteiger partial charge in [-0.2, -0.15) is 5.26 Å². The lowest BCUT2D eigenvalue weighted by molar-refractivity contribution is 0.307. The van der Waals surface area contributed by atoms with Crippen molar-refractivity contribution in [3.63, 3.8) is 0 Å². The lowest BCUT2D eigenvalue weighted by Gasteiger charge is -2.11. The first-order chi connectivity index (χ1) is 12.3. The highest BCUT2D eigenvalue weighted by molar-refractivity contribution is 5.92. The molecule has 0 aliphatic carbocycles. The monoisotopic (exact) mass is 326 g/mol. The second-order valence-electron chi connectivity index (χ2n) is 5.56. The molecule has 0 fully saturated rings. The Morgan fingerprint density at radius 1 is 1.00 bits per heavy atom. The molecule has 25 heavy (non-hydrogen) atoms. The molecule has 4 rings (SSSR count). The third-order valence-electron chi connectivity index (χ3n) is 3.97. The smallest absolute Gasteiger partial charge is 0.141 e. The maximum atomic E-state index is 8.87. The summed E-state index contributed by atoms with van der Waals surface area (Å²) in [7, 11) is 0. The molecular weight excluding hydrogens is 312 g/mol. The van der Waals surface area contributed by atoms with Crippen LogP contribution in [0.4, 0.5) is 0 Å². The number of benzene rings is 2. The first-order valence-corrected chi connectivity index (χ1v) is 7.84. The van der Waals surface area contributed by atoms with E-state index in [4.69, 9.17) is 10.00 Å². The van der Waals surface area contributed by atoms with Gasteiger partial charge in [-0.1, -0.05) is 24.3 Å². The molecule has 5 nitrogen and oxygen atoms in total. The van der Waals surface area contributed by atoms with Crippen LogP contribution in [-0.2, 0) is 6.61 Å². The second-order valence-corrected chi connectivity index (χ2v) is 5.56. The second kappa shape index (κ2) is 6.46. The van der Waals surface area contributed by atoms with Gasteiger partial charge in [-0.15, -0.1) is 0 Å². The van der Waals surface area contributed by atoms with Gasteiger partial charge < -0.3 is 9.72 Å². The van der Waals surface area contributed by atoms with Gasteiger partial charge in [0.15, 0.2) is 0 Å². The van der Waals surface area contributed by atoms with Gasteiger partial charge in [0.25, 0.3) is 0 Å². The molecule has 2 aromatic heterocycles. The van der Waals surface area contributed by atoms with E-state index in [9.17, 15) is 0 Å². The Hall–Kier alpha value is -3.65. The van der Waals surface area contributed by atoms with Gasteiger partial charge in [0.1, 0.15) is 24.3 Å². The minimum absolute atomic E-state index is 0.421. The summed E-state index contributed by atoms with van der Waals surface area (Å²) in [6, 6.07) is 19.3. The summed E-state index contributed by atoms with van der Waals surface area (Å²) in [6.07, 6.45) is 3.40. The number of aromatic amines is 1. The van der Waals surface area contributed by atoms with Gasteiger partial charge in [-0.25, -0.2) is 9.97 Å². The van der Waals surface area contributed by atoms with Crippen molar-refractivity contribution < 1.29 is 4.74 Å². The molecule has 0 bridgehead atoms. The summed E-state index contributed by atoms with van der Waals surface area (Å²) in [6.45, 7) is 0.421. The Balaban J connectivity index is 1.65. The number of nitrogens with one attached hydrogen (secondary N) is 1. The largest absolute Gasteiger partial charge is 0.488 e. The minimum atomic E-state index is 0.421. The molecule has 0 saturated carbocycles. The third kappa shape index (κ3) is 2.93. The maximum absolute atomic E-state index is 8.87. The molecule has 4 aromatic rings. The van der Waals surface area contributed by atoms with Gasteiger partial charge in [-0.3, -0.25) is 0 Å². The van der Waals surface area contributed by atoms with E-state index in [1.165, 1.54) is 0 Å². The SMILES string of the molecule is N#Cc1ccc(COc2ccccc2-c2ncnc3[nH]ccc23)cc1. The first-order valence-electron chi connectivity index (χ1n) is 7.84. The van der Waals surface area contributed by atoms with Crippen molar-refractivity contribution in [3.8, 4) is 23.1 Å². The van der Waals surface area contributed by atoms with Gasteiger partial charge in [0.05, 0.1) is 17.3 Å². The molecule has 120 valence electrons. The molecule has 5 heteroatoms. The number of hydrogen-bond acceptors (Lipinski definition) is 4. The van der Waals surface area contributed by atoms with Gasteiger partial charge in [-0.05, 0) is 35.9 Å². The Bertz CT molecular complexity index is 1060. The molecule has 2 heterocycles. The molecule has 0 radical (unpaired) electrons. The lowest BCUT2D eigenvalue weighted by Crippen LogP contribution is -1.98. The average Bonchev–Trinajstić information content (AvgIpc) is 3.16. The Morgan fingerprint density at radius 2 is 1.84 bits per heavy atom. The molecule has 0 spiro atoms. The van der Waals surface area contributed by atoms with Crippen molar-refractivity contribution >= 4 is 11.0 Å². The van der Waals surface area contributed by atoms with Crippen LogP contribution in [-0.4, -0.2) is 15.0 Å². The highest BCUT2D eigenvalue weighted by Crippen LogP contribution is 2.32. The van der Waals surface area contributed by atoms with Gasteiger partial charge >= 0.3 is 0 Å². The van der Waals surface area contributed by atoms with Crippen LogP contribution in [0.2, 0.25) is 0 Å². The van der Waals surface area contributed by atoms with Crippen molar-refractivity contribution in [1.29, 1.82) is 5.26 Å². The standard InChI is InChI=1S/C20H14N4O/c21-11-14-5-7-15(8-6-14)12-25-18-4-2-1-3-16(18)19-17-9-10-22-20(17)24-13-23-19/h1-10,13H,12H2,(H,22,23,24). The van der Waals surface area contributed by atoms with E-state index in [1.807, 2.05) is 48.7 Å². The number of nitriles is 1.